The normalized spacial score (nSPS) is 13.0. The van der Waals surface area contributed by atoms with Gasteiger partial charge in [-0.25, -0.2) is 17.5 Å². The maximum Gasteiger partial charge on any atom is 0.240 e. The first-order chi connectivity index (χ1) is 9.97. The van der Waals surface area contributed by atoms with Crippen LogP contribution in [0.3, 0.4) is 0 Å². The van der Waals surface area contributed by atoms with Crippen LogP contribution in [0.1, 0.15) is 11.1 Å². The number of nitrogens with one attached hydrogen (secondary N) is 1. The van der Waals surface area contributed by atoms with Gasteiger partial charge in [0.25, 0.3) is 0 Å². The van der Waals surface area contributed by atoms with Gasteiger partial charge in [0.1, 0.15) is 6.17 Å². The predicted octanol–water partition coefficient (Wildman–Crippen LogP) is 2.85. The molecule has 0 heterocycles. The van der Waals surface area contributed by atoms with E-state index in [9.17, 15) is 12.8 Å². The summed E-state index contributed by atoms with van der Waals surface area (Å²) < 4.78 is 40.2. The number of hydrogen-bond acceptors (Lipinski definition) is 2. The minimum Gasteiger partial charge on any atom is -0.246 e. The summed E-state index contributed by atoms with van der Waals surface area (Å²) in [5.41, 5.74) is 1.82. The van der Waals surface area contributed by atoms with E-state index in [1.54, 1.807) is 12.1 Å². The number of alkyl halides is 1. The lowest BCUT2D eigenvalue weighted by atomic mass is 10.1. The highest BCUT2D eigenvalue weighted by atomic mass is 32.2. The molecule has 0 saturated carbocycles. The molecule has 0 radical (unpaired) electrons. The lowest BCUT2D eigenvalue weighted by molar-refractivity contribution is 0.331. The molecule has 1 N–H and O–H groups in total. The molecule has 0 bridgehead atoms. The van der Waals surface area contributed by atoms with Crippen LogP contribution >= 0.6 is 0 Å². The molecule has 0 spiro atoms. The molecule has 2 aromatic rings. The van der Waals surface area contributed by atoms with Crippen LogP contribution in [0.5, 0.6) is 0 Å². The molecule has 0 saturated heterocycles. The first kappa shape index (κ1) is 15.7. The Morgan fingerprint density at radius 1 is 1.05 bits per heavy atom. The van der Waals surface area contributed by atoms with Crippen LogP contribution in [0.15, 0.2) is 59.5 Å². The lowest BCUT2D eigenvalue weighted by Crippen LogP contribution is -2.31. The Labute approximate surface area is 124 Å². The summed E-state index contributed by atoms with van der Waals surface area (Å²) in [5, 5.41) is 0. The molecule has 0 aromatic heterocycles. The van der Waals surface area contributed by atoms with E-state index in [1.807, 2.05) is 37.3 Å². The summed E-state index contributed by atoms with van der Waals surface area (Å²) in [6.07, 6.45) is -1.07. The summed E-state index contributed by atoms with van der Waals surface area (Å²) in [5.74, 6) is 0. The molecule has 0 amide bonds. The van der Waals surface area contributed by atoms with Gasteiger partial charge in [0.15, 0.2) is 0 Å². The fourth-order valence-corrected chi connectivity index (χ4v) is 3.00. The van der Waals surface area contributed by atoms with Crippen molar-refractivity contribution < 1.29 is 12.8 Å². The van der Waals surface area contributed by atoms with E-state index in [0.717, 1.165) is 11.1 Å². The van der Waals surface area contributed by atoms with Crippen LogP contribution in [0.25, 0.3) is 0 Å². The molecule has 1 atom stereocenters. The van der Waals surface area contributed by atoms with Crippen molar-refractivity contribution in [2.75, 3.05) is 6.54 Å². The Balaban J connectivity index is 1.94. The molecule has 112 valence electrons. The molecule has 21 heavy (non-hydrogen) atoms. The summed E-state index contributed by atoms with van der Waals surface area (Å²) in [6.45, 7) is 1.65. The minimum atomic E-state index is -3.65. The number of benzene rings is 2. The zero-order chi connectivity index (χ0) is 15.3. The molecular formula is C16H18FNO2S. The SMILES string of the molecule is Cc1ccc(S(=O)(=O)NC[C@@H](F)Cc2ccccc2)cc1. The molecule has 3 nitrogen and oxygen atoms in total. The minimum absolute atomic E-state index is 0.153. The zero-order valence-corrected chi connectivity index (χ0v) is 12.6. The monoisotopic (exact) mass is 307 g/mol. The van der Waals surface area contributed by atoms with E-state index in [-0.39, 0.29) is 17.9 Å². The third-order valence-corrected chi connectivity index (χ3v) is 4.57. The lowest BCUT2D eigenvalue weighted by Gasteiger charge is -2.11. The van der Waals surface area contributed by atoms with Crippen LogP contribution in [0, 0.1) is 6.92 Å². The smallest absolute Gasteiger partial charge is 0.240 e. The number of hydrogen-bond donors (Lipinski definition) is 1. The van der Waals surface area contributed by atoms with Gasteiger partial charge >= 0.3 is 0 Å². The van der Waals surface area contributed by atoms with E-state index in [0.29, 0.717) is 0 Å². The van der Waals surface area contributed by atoms with Crippen molar-refractivity contribution in [2.24, 2.45) is 0 Å². The maximum atomic E-state index is 13.9. The van der Waals surface area contributed by atoms with Crippen LogP contribution < -0.4 is 4.72 Å². The van der Waals surface area contributed by atoms with Crippen molar-refractivity contribution in [2.45, 2.75) is 24.4 Å². The number of rotatable bonds is 6. The third kappa shape index (κ3) is 4.65. The fraction of sp³-hybridized carbons (Fsp3) is 0.250. The Morgan fingerprint density at radius 3 is 2.29 bits per heavy atom. The van der Waals surface area contributed by atoms with E-state index in [2.05, 4.69) is 4.72 Å². The summed E-state index contributed by atoms with van der Waals surface area (Å²) in [6, 6.07) is 15.6. The highest BCUT2D eigenvalue weighted by Gasteiger charge is 2.16. The summed E-state index contributed by atoms with van der Waals surface area (Å²) >= 11 is 0. The van der Waals surface area contributed by atoms with E-state index in [1.165, 1.54) is 12.1 Å². The summed E-state index contributed by atoms with van der Waals surface area (Å²) in [4.78, 5) is 0.153. The van der Waals surface area contributed by atoms with Gasteiger partial charge in [0, 0.05) is 13.0 Å². The second-order valence-electron chi connectivity index (χ2n) is 4.95. The quantitative estimate of drug-likeness (QED) is 0.892. The van der Waals surface area contributed by atoms with Gasteiger partial charge in [0.05, 0.1) is 4.90 Å². The van der Waals surface area contributed by atoms with Crippen molar-refractivity contribution in [3.05, 3.63) is 65.7 Å². The van der Waals surface area contributed by atoms with Gasteiger partial charge in [-0.15, -0.1) is 0 Å². The molecule has 0 aliphatic rings. The van der Waals surface area contributed by atoms with Crippen LogP contribution in [-0.4, -0.2) is 21.1 Å². The topological polar surface area (TPSA) is 46.2 Å². The van der Waals surface area contributed by atoms with Crippen molar-refractivity contribution >= 4 is 10.0 Å². The molecule has 2 aromatic carbocycles. The number of halogens is 1. The number of sulfonamides is 1. The van der Waals surface area contributed by atoms with Crippen molar-refractivity contribution in [3.63, 3.8) is 0 Å². The van der Waals surface area contributed by atoms with Crippen LogP contribution in [-0.2, 0) is 16.4 Å². The van der Waals surface area contributed by atoms with Crippen LogP contribution in [0.4, 0.5) is 4.39 Å². The van der Waals surface area contributed by atoms with Crippen molar-refractivity contribution in [1.82, 2.24) is 4.72 Å². The van der Waals surface area contributed by atoms with E-state index < -0.39 is 16.2 Å². The Kier molecular flexibility index (Phi) is 5.09. The Bertz CT molecular complexity index is 669. The first-order valence-electron chi connectivity index (χ1n) is 6.72. The Morgan fingerprint density at radius 2 is 1.67 bits per heavy atom. The standard InChI is InChI=1S/C16H18FNO2S/c1-13-7-9-16(10-8-13)21(19,20)18-12-15(17)11-14-5-3-2-4-6-14/h2-10,15,18H,11-12H2,1H3/t15-/m0/s1. The first-order valence-corrected chi connectivity index (χ1v) is 8.20. The Hall–Kier alpha value is -1.72. The fourth-order valence-electron chi connectivity index (χ4n) is 1.94. The van der Waals surface area contributed by atoms with Gasteiger partial charge < -0.3 is 0 Å². The molecule has 0 aliphatic carbocycles. The summed E-state index contributed by atoms with van der Waals surface area (Å²) in [7, 11) is -3.65. The second kappa shape index (κ2) is 6.83. The maximum absolute atomic E-state index is 13.9. The third-order valence-electron chi connectivity index (χ3n) is 3.13. The van der Waals surface area contributed by atoms with Gasteiger partial charge in [0.2, 0.25) is 10.0 Å². The molecule has 0 fully saturated rings. The molecule has 0 aliphatic heterocycles. The van der Waals surface area contributed by atoms with Crippen molar-refractivity contribution in [3.8, 4) is 0 Å². The second-order valence-corrected chi connectivity index (χ2v) is 6.72. The van der Waals surface area contributed by atoms with Gasteiger partial charge in [-0.3, -0.25) is 0 Å². The predicted molar refractivity (Wildman–Crippen MR) is 81.4 cm³/mol. The van der Waals surface area contributed by atoms with Crippen molar-refractivity contribution in [1.29, 1.82) is 0 Å². The van der Waals surface area contributed by atoms with Gasteiger partial charge in [-0.1, -0.05) is 48.0 Å². The average Bonchev–Trinajstić information content (AvgIpc) is 2.47. The molecular weight excluding hydrogens is 289 g/mol. The highest BCUT2D eigenvalue weighted by molar-refractivity contribution is 7.89. The van der Waals surface area contributed by atoms with E-state index >= 15 is 0 Å². The van der Waals surface area contributed by atoms with Gasteiger partial charge in [-0.2, -0.15) is 0 Å². The number of aryl methyl sites for hydroxylation is 1. The molecule has 0 unspecified atom stereocenters. The van der Waals surface area contributed by atoms with E-state index in [4.69, 9.17) is 0 Å². The molecule has 2 rings (SSSR count). The molecule has 5 heteroatoms. The van der Waals surface area contributed by atoms with Crippen LogP contribution in [0.2, 0.25) is 0 Å². The average molecular weight is 307 g/mol. The highest BCUT2D eigenvalue weighted by Crippen LogP contribution is 2.11. The largest absolute Gasteiger partial charge is 0.246 e. The van der Waals surface area contributed by atoms with Gasteiger partial charge in [-0.05, 0) is 24.6 Å². The zero-order valence-electron chi connectivity index (χ0n) is 11.8.